The lowest BCUT2D eigenvalue weighted by molar-refractivity contribution is -0.119. The maximum atomic E-state index is 12.5. The SMILES string of the molecule is CN1C(=O)CN2CCc3ccccc3[C@@H]2c2cc(Cl)ccc21. The molecule has 0 radical (unpaired) electrons. The molecule has 0 bridgehead atoms. The molecule has 2 aliphatic heterocycles. The van der Waals surface area contributed by atoms with Crippen LogP contribution in [0.1, 0.15) is 22.7 Å². The summed E-state index contributed by atoms with van der Waals surface area (Å²) in [7, 11) is 1.85. The van der Waals surface area contributed by atoms with Crippen LogP contribution in [-0.4, -0.2) is 30.9 Å². The Bertz CT molecular complexity index is 759. The Hall–Kier alpha value is -1.84. The van der Waals surface area contributed by atoms with Crippen molar-refractivity contribution in [2.75, 3.05) is 25.0 Å². The van der Waals surface area contributed by atoms with Crippen LogP contribution in [0.4, 0.5) is 5.69 Å². The van der Waals surface area contributed by atoms with Crippen molar-refractivity contribution in [3.63, 3.8) is 0 Å². The van der Waals surface area contributed by atoms with E-state index in [0.29, 0.717) is 11.6 Å². The van der Waals surface area contributed by atoms with Crippen LogP contribution in [0.15, 0.2) is 42.5 Å². The Kier molecular flexibility index (Phi) is 3.21. The summed E-state index contributed by atoms with van der Waals surface area (Å²) in [6.07, 6.45) is 0.986. The Morgan fingerprint density at radius 1 is 1.14 bits per heavy atom. The maximum Gasteiger partial charge on any atom is 0.240 e. The van der Waals surface area contributed by atoms with E-state index < -0.39 is 0 Å². The maximum absolute atomic E-state index is 12.5. The number of rotatable bonds is 0. The molecule has 22 heavy (non-hydrogen) atoms. The van der Waals surface area contributed by atoms with Gasteiger partial charge in [0.15, 0.2) is 0 Å². The zero-order valence-electron chi connectivity index (χ0n) is 12.4. The molecule has 2 aromatic carbocycles. The molecule has 4 heteroatoms. The third kappa shape index (κ3) is 2.04. The van der Waals surface area contributed by atoms with E-state index in [1.807, 2.05) is 25.2 Å². The van der Waals surface area contributed by atoms with Crippen LogP contribution in [0.5, 0.6) is 0 Å². The molecule has 112 valence electrons. The first-order chi connectivity index (χ1) is 10.6. The molecule has 1 amide bonds. The number of fused-ring (bicyclic) bond motifs is 5. The lowest BCUT2D eigenvalue weighted by Crippen LogP contribution is -2.40. The number of likely N-dealkylation sites (N-methyl/N-ethyl adjacent to an activating group) is 1. The van der Waals surface area contributed by atoms with Crippen LogP contribution in [0.25, 0.3) is 0 Å². The molecule has 4 rings (SSSR count). The Morgan fingerprint density at radius 2 is 1.95 bits per heavy atom. The Labute approximate surface area is 135 Å². The smallest absolute Gasteiger partial charge is 0.240 e. The van der Waals surface area contributed by atoms with E-state index in [0.717, 1.165) is 24.2 Å². The van der Waals surface area contributed by atoms with E-state index in [2.05, 4.69) is 29.2 Å². The summed E-state index contributed by atoms with van der Waals surface area (Å²) in [5, 5.41) is 0.713. The summed E-state index contributed by atoms with van der Waals surface area (Å²) in [6, 6.07) is 14.4. The lowest BCUT2D eigenvalue weighted by Gasteiger charge is -2.36. The highest BCUT2D eigenvalue weighted by Crippen LogP contribution is 2.41. The minimum absolute atomic E-state index is 0.104. The largest absolute Gasteiger partial charge is 0.314 e. The quantitative estimate of drug-likeness (QED) is 0.745. The van der Waals surface area contributed by atoms with Gasteiger partial charge in [-0.05, 0) is 41.3 Å². The zero-order valence-corrected chi connectivity index (χ0v) is 13.2. The fourth-order valence-electron chi connectivity index (χ4n) is 3.62. The van der Waals surface area contributed by atoms with Crippen LogP contribution in [0.2, 0.25) is 5.02 Å². The number of nitrogens with zero attached hydrogens (tertiary/aromatic N) is 2. The standard InChI is InChI=1S/C18H17ClN2O/c1-20-16-7-6-13(19)10-15(16)18-14-5-3-2-4-12(14)8-9-21(18)11-17(20)22/h2-7,10,18H,8-9,11H2,1H3/t18-/m1/s1. The van der Waals surface area contributed by atoms with Gasteiger partial charge in [-0.1, -0.05) is 35.9 Å². The van der Waals surface area contributed by atoms with Crippen LogP contribution in [-0.2, 0) is 11.2 Å². The van der Waals surface area contributed by atoms with Crippen LogP contribution >= 0.6 is 11.6 Å². The van der Waals surface area contributed by atoms with E-state index >= 15 is 0 Å². The number of benzene rings is 2. The van der Waals surface area contributed by atoms with E-state index in [4.69, 9.17) is 11.6 Å². The molecule has 0 N–H and O–H groups in total. The number of carbonyl (C=O) groups excluding carboxylic acids is 1. The van der Waals surface area contributed by atoms with Crippen molar-refractivity contribution in [3.8, 4) is 0 Å². The average molecular weight is 313 g/mol. The number of carbonyl (C=O) groups is 1. The second-order valence-corrected chi connectivity index (χ2v) is 6.41. The molecule has 0 saturated carbocycles. The first-order valence-corrected chi connectivity index (χ1v) is 7.91. The van der Waals surface area contributed by atoms with Gasteiger partial charge in [0.2, 0.25) is 5.91 Å². The van der Waals surface area contributed by atoms with Gasteiger partial charge in [-0.2, -0.15) is 0 Å². The number of hydrogen-bond donors (Lipinski definition) is 0. The minimum atomic E-state index is 0.104. The van der Waals surface area contributed by atoms with Crippen LogP contribution < -0.4 is 4.90 Å². The Balaban J connectivity index is 1.97. The number of hydrogen-bond acceptors (Lipinski definition) is 2. The number of amides is 1. The third-order valence-electron chi connectivity index (χ3n) is 4.74. The van der Waals surface area contributed by atoms with Gasteiger partial charge in [0.25, 0.3) is 0 Å². The normalized spacial score (nSPS) is 20.9. The fourth-order valence-corrected chi connectivity index (χ4v) is 3.80. The summed E-state index contributed by atoms with van der Waals surface area (Å²) >= 11 is 6.25. The van der Waals surface area contributed by atoms with Crippen molar-refractivity contribution in [1.29, 1.82) is 0 Å². The van der Waals surface area contributed by atoms with Gasteiger partial charge in [-0.3, -0.25) is 9.69 Å². The molecule has 2 heterocycles. The molecule has 0 spiro atoms. The summed E-state index contributed by atoms with van der Waals surface area (Å²) < 4.78 is 0. The van der Waals surface area contributed by atoms with Crippen molar-refractivity contribution < 1.29 is 4.79 Å². The lowest BCUT2D eigenvalue weighted by atomic mass is 9.88. The van der Waals surface area contributed by atoms with Gasteiger partial charge >= 0.3 is 0 Å². The van der Waals surface area contributed by atoms with Gasteiger partial charge in [-0.15, -0.1) is 0 Å². The van der Waals surface area contributed by atoms with E-state index in [9.17, 15) is 4.79 Å². The molecule has 2 aliphatic rings. The highest BCUT2D eigenvalue weighted by Gasteiger charge is 2.35. The average Bonchev–Trinajstić information content (AvgIpc) is 2.63. The molecular formula is C18H17ClN2O. The zero-order chi connectivity index (χ0) is 15.3. The summed E-state index contributed by atoms with van der Waals surface area (Å²) in [6.45, 7) is 1.34. The minimum Gasteiger partial charge on any atom is -0.314 e. The van der Waals surface area contributed by atoms with Crippen molar-refractivity contribution in [2.45, 2.75) is 12.5 Å². The van der Waals surface area contributed by atoms with E-state index in [1.165, 1.54) is 11.1 Å². The molecule has 2 aromatic rings. The van der Waals surface area contributed by atoms with Gasteiger partial charge in [0.1, 0.15) is 0 Å². The summed E-state index contributed by atoms with van der Waals surface area (Å²) in [5.74, 6) is 0.130. The molecule has 0 aliphatic carbocycles. The summed E-state index contributed by atoms with van der Waals surface area (Å²) in [4.78, 5) is 16.5. The van der Waals surface area contributed by atoms with Crippen molar-refractivity contribution in [3.05, 3.63) is 64.2 Å². The van der Waals surface area contributed by atoms with Crippen molar-refractivity contribution in [2.24, 2.45) is 0 Å². The van der Waals surface area contributed by atoms with Crippen molar-refractivity contribution in [1.82, 2.24) is 4.90 Å². The van der Waals surface area contributed by atoms with Gasteiger partial charge < -0.3 is 4.90 Å². The molecule has 0 unspecified atom stereocenters. The van der Waals surface area contributed by atoms with Gasteiger partial charge in [-0.25, -0.2) is 0 Å². The van der Waals surface area contributed by atoms with Gasteiger partial charge in [0.05, 0.1) is 12.6 Å². The third-order valence-corrected chi connectivity index (χ3v) is 4.98. The molecule has 0 fully saturated rings. The highest BCUT2D eigenvalue weighted by molar-refractivity contribution is 6.30. The van der Waals surface area contributed by atoms with Gasteiger partial charge in [0, 0.05) is 24.3 Å². The topological polar surface area (TPSA) is 23.6 Å². The van der Waals surface area contributed by atoms with Crippen molar-refractivity contribution >= 4 is 23.2 Å². The highest BCUT2D eigenvalue weighted by atomic mass is 35.5. The molecular weight excluding hydrogens is 296 g/mol. The predicted octanol–water partition coefficient (Wildman–Crippen LogP) is 3.26. The van der Waals surface area contributed by atoms with Crippen LogP contribution in [0, 0.1) is 0 Å². The Morgan fingerprint density at radius 3 is 2.82 bits per heavy atom. The van der Waals surface area contributed by atoms with E-state index in [-0.39, 0.29) is 11.9 Å². The second-order valence-electron chi connectivity index (χ2n) is 5.98. The first-order valence-electron chi connectivity index (χ1n) is 7.53. The monoisotopic (exact) mass is 312 g/mol. The predicted molar refractivity (Wildman–Crippen MR) is 88.4 cm³/mol. The fraction of sp³-hybridized carbons (Fsp3) is 0.278. The second kappa shape index (κ2) is 5.11. The molecule has 3 nitrogen and oxygen atoms in total. The molecule has 0 aromatic heterocycles. The van der Waals surface area contributed by atoms with E-state index in [1.54, 1.807) is 4.90 Å². The molecule has 1 atom stereocenters. The first kappa shape index (κ1) is 13.8. The summed E-state index contributed by atoms with van der Waals surface area (Å²) in [5.41, 5.74) is 4.73. The molecule has 0 saturated heterocycles. The number of halogens is 1. The van der Waals surface area contributed by atoms with Crippen LogP contribution in [0.3, 0.4) is 0 Å². The number of anilines is 1.